The number of carbonyl (C=O) groups is 1. The fourth-order valence-electron chi connectivity index (χ4n) is 3.33. The molecule has 1 aliphatic carbocycles. The molecule has 1 aromatic rings. The number of aryl methyl sites for hydroxylation is 1. The molecular weight excluding hydrogens is 224 g/mol. The lowest BCUT2D eigenvalue weighted by atomic mass is 9.76. The third-order valence-corrected chi connectivity index (χ3v) is 4.50. The van der Waals surface area contributed by atoms with E-state index in [-0.39, 0.29) is 12.1 Å². The molecule has 96 valence electrons. The lowest BCUT2D eigenvalue weighted by Gasteiger charge is -2.30. The molecule has 2 heteroatoms. The van der Waals surface area contributed by atoms with E-state index in [2.05, 4.69) is 31.2 Å². The first kappa shape index (κ1) is 11.8. The summed E-state index contributed by atoms with van der Waals surface area (Å²) < 4.78 is 5.42. The molecule has 1 heterocycles. The van der Waals surface area contributed by atoms with Crippen molar-refractivity contribution in [3.8, 4) is 0 Å². The predicted octanol–water partition coefficient (Wildman–Crippen LogP) is 3.45. The Hall–Kier alpha value is -1.31. The highest BCUT2D eigenvalue weighted by molar-refractivity contribution is 5.72. The minimum Gasteiger partial charge on any atom is -0.462 e. The molecule has 1 aliphatic heterocycles. The number of hydrogen-bond donors (Lipinski definition) is 0. The highest BCUT2D eigenvalue weighted by atomic mass is 16.5. The van der Waals surface area contributed by atoms with Crippen molar-refractivity contribution in [3.63, 3.8) is 0 Å². The number of rotatable bonds is 2. The Morgan fingerprint density at radius 3 is 2.72 bits per heavy atom. The van der Waals surface area contributed by atoms with Crippen molar-refractivity contribution in [3.05, 3.63) is 35.4 Å². The highest BCUT2D eigenvalue weighted by Gasteiger charge is 2.39. The molecule has 0 aromatic heterocycles. The maximum Gasteiger partial charge on any atom is 0.306 e. The predicted molar refractivity (Wildman–Crippen MR) is 70.4 cm³/mol. The van der Waals surface area contributed by atoms with Gasteiger partial charge >= 0.3 is 5.97 Å². The first-order valence-corrected chi connectivity index (χ1v) is 7.04. The Bertz CT molecular complexity index is 435. The van der Waals surface area contributed by atoms with Crippen LogP contribution in [-0.4, -0.2) is 12.1 Å². The van der Waals surface area contributed by atoms with Crippen LogP contribution in [0.25, 0.3) is 0 Å². The van der Waals surface area contributed by atoms with E-state index >= 15 is 0 Å². The molecule has 1 aromatic carbocycles. The number of benzene rings is 1. The van der Waals surface area contributed by atoms with Gasteiger partial charge in [0, 0.05) is 5.92 Å². The molecule has 2 nitrogen and oxygen atoms in total. The Balaban J connectivity index is 1.71. The Labute approximate surface area is 108 Å². The monoisotopic (exact) mass is 244 g/mol. The molecule has 0 N–H and O–H groups in total. The summed E-state index contributed by atoms with van der Waals surface area (Å²) in [6.07, 6.45) is 5.27. The fraction of sp³-hybridized carbons (Fsp3) is 0.562. The maximum atomic E-state index is 11.3. The second-order valence-electron chi connectivity index (χ2n) is 5.60. The molecule has 18 heavy (non-hydrogen) atoms. The zero-order chi connectivity index (χ0) is 12.5. The van der Waals surface area contributed by atoms with Crippen molar-refractivity contribution in [2.75, 3.05) is 0 Å². The van der Waals surface area contributed by atoms with Crippen LogP contribution in [0.2, 0.25) is 0 Å². The second-order valence-corrected chi connectivity index (χ2v) is 5.60. The molecule has 2 aliphatic rings. The van der Waals surface area contributed by atoms with Crippen molar-refractivity contribution in [2.45, 2.75) is 51.0 Å². The largest absolute Gasteiger partial charge is 0.462 e. The van der Waals surface area contributed by atoms with Crippen molar-refractivity contribution >= 4 is 5.97 Å². The van der Waals surface area contributed by atoms with Gasteiger partial charge in [-0.25, -0.2) is 0 Å². The first-order chi connectivity index (χ1) is 8.76. The van der Waals surface area contributed by atoms with Crippen LogP contribution in [0.15, 0.2) is 24.3 Å². The molecule has 0 radical (unpaired) electrons. The van der Waals surface area contributed by atoms with Crippen LogP contribution in [0.3, 0.4) is 0 Å². The van der Waals surface area contributed by atoms with Gasteiger partial charge in [-0.05, 0) is 42.7 Å². The zero-order valence-electron chi connectivity index (χ0n) is 10.9. The minimum atomic E-state index is 0.00646. The Kier molecular flexibility index (Phi) is 3.11. The van der Waals surface area contributed by atoms with Crippen LogP contribution in [0.4, 0.5) is 0 Å². The zero-order valence-corrected chi connectivity index (χ0v) is 10.9. The van der Waals surface area contributed by atoms with Crippen molar-refractivity contribution in [1.29, 1.82) is 0 Å². The quantitative estimate of drug-likeness (QED) is 0.745. The van der Waals surface area contributed by atoms with Gasteiger partial charge in [0.25, 0.3) is 0 Å². The van der Waals surface area contributed by atoms with Gasteiger partial charge in [-0.1, -0.05) is 31.2 Å². The van der Waals surface area contributed by atoms with Gasteiger partial charge in [0.2, 0.25) is 0 Å². The highest BCUT2D eigenvalue weighted by Crippen LogP contribution is 2.41. The number of carbonyl (C=O) groups excluding carboxylic acids is 1. The van der Waals surface area contributed by atoms with Crippen molar-refractivity contribution in [2.24, 2.45) is 5.92 Å². The van der Waals surface area contributed by atoms with E-state index in [1.165, 1.54) is 17.5 Å². The average molecular weight is 244 g/mol. The SMILES string of the molecule is CCc1ccc(C2CCC3CC(=O)OC3C2)cc1. The molecule has 3 rings (SSSR count). The third-order valence-electron chi connectivity index (χ3n) is 4.50. The normalized spacial score (nSPS) is 30.9. The fourth-order valence-corrected chi connectivity index (χ4v) is 3.33. The molecule has 3 atom stereocenters. The van der Waals surface area contributed by atoms with E-state index in [9.17, 15) is 4.79 Å². The molecule has 0 bridgehead atoms. The van der Waals surface area contributed by atoms with Gasteiger partial charge in [0.15, 0.2) is 0 Å². The first-order valence-electron chi connectivity index (χ1n) is 7.04. The van der Waals surface area contributed by atoms with Gasteiger partial charge in [0.05, 0.1) is 6.42 Å². The third kappa shape index (κ3) is 2.16. The standard InChI is InChI=1S/C16H20O2/c1-2-11-3-5-12(6-4-11)13-7-8-14-10-16(17)18-15(14)9-13/h3-6,13-15H,2,7-10H2,1H3. The molecule has 2 fully saturated rings. The van der Waals surface area contributed by atoms with E-state index in [0.29, 0.717) is 18.3 Å². The second kappa shape index (κ2) is 4.75. The summed E-state index contributed by atoms with van der Waals surface area (Å²) in [7, 11) is 0. The number of esters is 1. The van der Waals surface area contributed by atoms with Gasteiger partial charge in [-0.15, -0.1) is 0 Å². The van der Waals surface area contributed by atoms with Gasteiger partial charge in [-0.3, -0.25) is 4.79 Å². The molecule has 1 saturated carbocycles. The lowest BCUT2D eigenvalue weighted by molar-refractivity contribution is -0.142. The molecule has 3 unspecified atom stereocenters. The summed E-state index contributed by atoms with van der Waals surface area (Å²) in [6, 6.07) is 8.95. The van der Waals surface area contributed by atoms with E-state index < -0.39 is 0 Å². The molecular formula is C16H20O2. The molecule has 1 saturated heterocycles. The van der Waals surface area contributed by atoms with Crippen LogP contribution >= 0.6 is 0 Å². The van der Waals surface area contributed by atoms with E-state index in [4.69, 9.17) is 4.74 Å². The van der Waals surface area contributed by atoms with Crippen LogP contribution in [0.1, 0.15) is 49.7 Å². The maximum absolute atomic E-state index is 11.3. The van der Waals surface area contributed by atoms with E-state index in [1.54, 1.807) is 0 Å². The summed E-state index contributed by atoms with van der Waals surface area (Å²) in [5.41, 5.74) is 2.80. The smallest absolute Gasteiger partial charge is 0.306 e. The van der Waals surface area contributed by atoms with Crippen LogP contribution in [-0.2, 0) is 16.0 Å². The van der Waals surface area contributed by atoms with Crippen LogP contribution in [0.5, 0.6) is 0 Å². The van der Waals surface area contributed by atoms with Crippen molar-refractivity contribution < 1.29 is 9.53 Å². The van der Waals surface area contributed by atoms with Crippen molar-refractivity contribution in [1.82, 2.24) is 0 Å². The summed E-state index contributed by atoms with van der Waals surface area (Å²) in [4.78, 5) is 11.3. The summed E-state index contributed by atoms with van der Waals surface area (Å²) in [6.45, 7) is 2.18. The van der Waals surface area contributed by atoms with Crippen LogP contribution in [0, 0.1) is 5.92 Å². The Morgan fingerprint density at radius 2 is 2.00 bits per heavy atom. The average Bonchev–Trinajstić information content (AvgIpc) is 2.78. The topological polar surface area (TPSA) is 26.3 Å². The number of fused-ring (bicyclic) bond motifs is 1. The van der Waals surface area contributed by atoms with Gasteiger partial charge in [-0.2, -0.15) is 0 Å². The summed E-state index contributed by atoms with van der Waals surface area (Å²) >= 11 is 0. The van der Waals surface area contributed by atoms with Gasteiger partial charge < -0.3 is 4.74 Å². The van der Waals surface area contributed by atoms with E-state index in [1.807, 2.05) is 0 Å². The number of ether oxygens (including phenoxy) is 1. The molecule has 0 amide bonds. The summed E-state index contributed by atoms with van der Waals surface area (Å²) in [5.74, 6) is 1.07. The van der Waals surface area contributed by atoms with Gasteiger partial charge in [0.1, 0.15) is 6.10 Å². The van der Waals surface area contributed by atoms with E-state index in [0.717, 1.165) is 19.3 Å². The van der Waals surface area contributed by atoms with Crippen LogP contribution < -0.4 is 0 Å². The summed E-state index contributed by atoms with van der Waals surface area (Å²) in [5, 5.41) is 0. The molecule has 0 spiro atoms. The number of hydrogen-bond acceptors (Lipinski definition) is 2. The minimum absolute atomic E-state index is 0.00646. The lowest BCUT2D eigenvalue weighted by Crippen LogP contribution is -2.25. The Morgan fingerprint density at radius 1 is 1.22 bits per heavy atom.